The van der Waals surface area contributed by atoms with Gasteiger partial charge >= 0.3 is 0 Å². The minimum atomic E-state index is -0.305. The summed E-state index contributed by atoms with van der Waals surface area (Å²) < 4.78 is 11.1. The van der Waals surface area contributed by atoms with E-state index in [1.165, 1.54) is 5.01 Å². The van der Waals surface area contributed by atoms with E-state index in [0.717, 1.165) is 11.3 Å². The summed E-state index contributed by atoms with van der Waals surface area (Å²) in [6, 6.07) is 14.4. The van der Waals surface area contributed by atoms with Gasteiger partial charge in [-0.25, -0.2) is 5.01 Å². The van der Waals surface area contributed by atoms with Gasteiger partial charge in [-0.05, 0) is 35.9 Å². The Kier molecular flexibility index (Phi) is 6.51. The zero-order valence-electron chi connectivity index (χ0n) is 18.6. The number of hydrogen-bond acceptors (Lipinski definition) is 6. The Hall–Kier alpha value is -3.36. The summed E-state index contributed by atoms with van der Waals surface area (Å²) in [5, 5.41) is 6.68. The van der Waals surface area contributed by atoms with Crippen LogP contribution in [0.3, 0.4) is 0 Å². The van der Waals surface area contributed by atoms with Gasteiger partial charge < -0.3 is 13.7 Å². The van der Waals surface area contributed by atoms with Crippen molar-refractivity contribution < 1.29 is 18.4 Å². The lowest BCUT2D eigenvalue weighted by molar-refractivity contribution is -0.136. The number of halogens is 1. The number of rotatable bonds is 6. The summed E-state index contributed by atoms with van der Waals surface area (Å²) in [5.74, 6) is 1.27. The molecule has 8 nitrogen and oxygen atoms in total. The van der Waals surface area contributed by atoms with E-state index in [4.69, 9.17) is 20.4 Å². The number of hydrazone groups is 1. The van der Waals surface area contributed by atoms with Crippen LogP contribution >= 0.6 is 11.6 Å². The van der Waals surface area contributed by atoms with E-state index in [0.29, 0.717) is 49.1 Å². The molecule has 4 heterocycles. The summed E-state index contributed by atoms with van der Waals surface area (Å²) in [6.45, 7) is 2.60. The van der Waals surface area contributed by atoms with Gasteiger partial charge in [0.05, 0.1) is 25.5 Å². The molecule has 0 saturated carbocycles. The van der Waals surface area contributed by atoms with Crippen molar-refractivity contribution >= 4 is 29.1 Å². The molecule has 176 valence electrons. The summed E-state index contributed by atoms with van der Waals surface area (Å²) >= 11 is 6.20. The number of benzene rings is 1. The lowest BCUT2D eigenvalue weighted by Crippen LogP contribution is -2.51. The van der Waals surface area contributed by atoms with E-state index in [1.807, 2.05) is 41.3 Å². The third-order valence-electron chi connectivity index (χ3n) is 6.23. The molecule has 2 amide bonds. The molecule has 2 aromatic heterocycles. The van der Waals surface area contributed by atoms with Gasteiger partial charge in [-0.2, -0.15) is 5.10 Å². The van der Waals surface area contributed by atoms with E-state index >= 15 is 0 Å². The highest BCUT2D eigenvalue weighted by Crippen LogP contribution is 2.33. The molecule has 1 atom stereocenters. The second-order valence-electron chi connectivity index (χ2n) is 8.42. The predicted octanol–water partition coefficient (Wildman–Crippen LogP) is 3.59. The fraction of sp³-hybridized carbons (Fsp3) is 0.320. The van der Waals surface area contributed by atoms with Gasteiger partial charge in [0.25, 0.3) is 5.91 Å². The largest absolute Gasteiger partial charge is 0.467 e. The first kappa shape index (κ1) is 22.4. The number of furan rings is 2. The molecule has 3 aromatic rings. The van der Waals surface area contributed by atoms with Crippen molar-refractivity contribution in [2.24, 2.45) is 5.10 Å². The van der Waals surface area contributed by atoms with Gasteiger partial charge in [-0.15, -0.1) is 0 Å². The molecular weight excluding hydrogens is 456 g/mol. The van der Waals surface area contributed by atoms with Gasteiger partial charge in [0.1, 0.15) is 23.3 Å². The molecule has 1 aromatic carbocycles. The molecule has 1 fully saturated rings. The molecule has 9 heteroatoms. The minimum Gasteiger partial charge on any atom is -0.467 e. The predicted molar refractivity (Wildman–Crippen MR) is 126 cm³/mol. The van der Waals surface area contributed by atoms with Gasteiger partial charge in [0, 0.05) is 37.6 Å². The third kappa shape index (κ3) is 4.78. The number of hydrogen-bond donors (Lipinski definition) is 0. The maximum absolute atomic E-state index is 13.2. The van der Waals surface area contributed by atoms with E-state index < -0.39 is 0 Å². The fourth-order valence-electron chi connectivity index (χ4n) is 4.37. The molecule has 2 aliphatic rings. The molecule has 34 heavy (non-hydrogen) atoms. The highest BCUT2D eigenvalue weighted by atomic mass is 35.5. The first-order chi connectivity index (χ1) is 16.6. The Bertz CT molecular complexity index is 1170. The Balaban J connectivity index is 1.19. The lowest BCUT2D eigenvalue weighted by atomic mass is 10.1. The van der Waals surface area contributed by atoms with Crippen LogP contribution in [0.5, 0.6) is 0 Å². The van der Waals surface area contributed by atoms with Crippen LogP contribution in [0.4, 0.5) is 0 Å². The first-order valence-electron chi connectivity index (χ1n) is 11.3. The van der Waals surface area contributed by atoms with Gasteiger partial charge in [0.2, 0.25) is 5.91 Å². The standard InChI is InChI=1S/C25H25ClN4O4/c26-19-6-2-1-5-18(19)15-24(31)29-11-9-28(10-12-29)17-25(32)30-21(23-8-4-14-34-23)16-20(27-30)22-7-3-13-33-22/h1-8,13-14,21H,9-12,15-17H2. The molecule has 0 bridgehead atoms. The van der Waals surface area contributed by atoms with E-state index in [9.17, 15) is 9.59 Å². The van der Waals surface area contributed by atoms with Crippen molar-refractivity contribution in [3.8, 4) is 0 Å². The average Bonchev–Trinajstić information content (AvgIpc) is 3.62. The van der Waals surface area contributed by atoms with Crippen LogP contribution in [-0.2, 0) is 16.0 Å². The van der Waals surface area contributed by atoms with Crippen molar-refractivity contribution in [3.63, 3.8) is 0 Å². The van der Waals surface area contributed by atoms with Crippen LogP contribution in [-0.4, -0.2) is 65.1 Å². The Morgan fingerprint density at radius 3 is 2.41 bits per heavy atom. The number of carbonyl (C=O) groups excluding carboxylic acids is 2. The summed E-state index contributed by atoms with van der Waals surface area (Å²) in [7, 11) is 0. The molecule has 0 radical (unpaired) electrons. The van der Waals surface area contributed by atoms with Crippen molar-refractivity contribution in [2.75, 3.05) is 32.7 Å². The Labute approximate surface area is 202 Å². The summed E-state index contributed by atoms with van der Waals surface area (Å²) in [6.07, 6.45) is 4.00. The van der Waals surface area contributed by atoms with Crippen molar-refractivity contribution in [1.29, 1.82) is 0 Å². The molecule has 0 aliphatic carbocycles. The van der Waals surface area contributed by atoms with E-state index in [1.54, 1.807) is 24.7 Å². The quantitative estimate of drug-likeness (QED) is 0.538. The number of nitrogens with zero attached hydrogens (tertiary/aromatic N) is 4. The zero-order chi connectivity index (χ0) is 23.5. The monoisotopic (exact) mass is 480 g/mol. The topological polar surface area (TPSA) is 82.5 Å². The molecule has 5 rings (SSSR count). The van der Waals surface area contributed by atoms with Crippen LogP contribution in [0.15, 0.2) is 75.0 Å². The molecule has 0 spiro atoms. The van der Waals surface area contributed by atoms with Crippen LogP contribution in [0.1, 0.15) is 29.5 Å². The lowest BCUT2D eigenvalue weighted by Gasteiger charge is -2.35. The van der Waals surface area contributed by atoms with Gasteiger partial charge in [-0.3, -0.25) is 14.5 Å². The molecule has 1 unspecified atom stereocenters. The third-order valence-corrected chi connectivity index (χ3v) is 6.60. The molecule has 1 saturated heterocycles. The highest BCUT2D eigenvalue weighted by molar-refractivity contribution is 6.31. The molecule has 0 N–H and O–H groups in total. The van der Waals surface area contributed by atoms with Crippen LogP contribution in [0.2, 0.25) is 5.02 Å². The van der Waals surface area contributed by atoms with Crippen molar-refractivity contribution in [3.05, 3.63) is 83.2 Å². The highest BCUT2D eigenvalue weighted by Gasteiger charge is 2.36. The van der Waals surface area contributed by atoms with Crippen LogP contribution in [0.25, 0.3) is 0 Å². The minimum absolute atomic E-state index is 0.0455. The Morgan fingerprint density at radius 1 is 0.941 bits per heavy atom. The zero-order valence-corrected chi connectivity index (χ0v) is 19.4. The Morgan fingerprint density at radius 2 is 1.71 bits per heavy atom. The first-order valence-corrected chi connectivity index (χ1v) is 11.7. The fourth-order valence-corrected chi connectivity index (χ4v) is 4.57. The molecular formula is C25H25ClN4O4. The van der Waals surface area contributed by atoms with E-state index in [2.05, 4.69) is 10.0 Å². The molecule has 2 aliphatic heterocycles. The number of amides is 2. The van der Waals surface area contributed by atoms with Crippen LogP contribution < -0.4 is 0 Å². The number of piperazine rings is 1. The van der Waals surface area contributed by atoms with Gasteiger partial charge in [0.15, 0.2) is 0 Å². The smallest absolute Gasteiger partial charge is 0.257 e. The normalized spacial score (nSPS) is 18.9. The summed E-state index contributed by atoms with van der Waals surface area (Å²) in [5.41, 5.74) is 1.55. The maximum Gasteiger partial charge on any atom is 0.257 e. The van der Waals surface area contributed by atoms with E-state index in [-0.39, 0.29) is 30.8 Å². The van der Waals surface area contributed by atoms with Crippen LogP contribution in [0, 0.1) is 0 Å². The average molecular weight is 481 g/mol. The van der Waals surface area contributed by atoms with Crippen molar-refractivity contribution in [1.82, 2.24) is 14.8 Å². The summed E-state index contributed by atoms with van der Waals surface area (Å²) in [4.78, 5) is 29.8. The van der Waals surface area contributed by atoms with Gasteiger partial charge in [-0.1, -0.05) is 29.8 Å². The second-order valence-corrected chi connectivity index (χ2v) is 8.83. The maximum atomic E-state index is 13.2. The second kappa shape index (κ2) is 9.87. The SMILES string of the molecule is O=C(Cc1ccccc1Cl)N1CCN(CC(=O)N2N=C(c3ccco3)CC2c2ccco2)CC1. The number of carbonyl (C=O) groups is 2. The van der Waals surface area contributed by atoms with Crippen molar-refractivity contribution in [2.45, 2.75) is 18.9 Å².